The highest BCUT2D eigenvalue weighted by Crippen LogP contribution is 2.44. The van der Waals surface area contributed by atoms with Crippen LogP contribution in [-0.2, 0) is 9.53 Å². The lowest BCUT2D eigenvalue weighted by atomic mass is 9.90. The third kappa shape index (κ3) is 2.25. The summed E-state index contributed by atoms with van der Waals surface area (Å²) in [5.41, 5.74) is 0. The van der Waals surface area contributed by atoms with E-state index in [1.807, 2.05) is 0 Å². The van der Waals surface area contributed by atoms with Gasteiger partial charge in [-0.3, -0.25) is 9.69 Å². The fourth-order valence-corrected chi connectivity index (χ4v) is 4.91. The van der Waals surface area contributed by atoms with Gasteiger partial charge < -0.3 is 4.74 Å². The van der Waals surface area contributed by atoms with Gasteiger partial charge in [-0.05, 0) is 43.4 Å². The molecule has 0 aromatic carbocycles. The lowest BCUT2D eigenvalue weighted by Crippen LogP contribution is -2.52. The van der Waals surface area contributed by atoms with Gasteiger partial charge in [0.25, 0.3) is 0 Å². The van der Waals surface area contributed by atoms with Gasteiger partial charge >= 0.3 is 0 Å². The highest BCUT2D eigenvalue weighted by molar-refractivity contribution is 5.83. The van der Waals surface area contributed by atoms with Gasteiger partial charge in [0.2, 0.25) is 0 Å². The quantitative estimate of drug-likeness (QED) is 0.740. The van der Waals surface area contributed by atoms with Crippen LogP contribution in [-0.4, -0.2) is 43.0 Å². The maximum Gasteiger partial charge on any atom is 0.137 e. The minimum atomic E-state index is 0.254. The molecular formula is C17H25NO2. The topological polar surface area (TPSA) is 29.5 Å². The van der Waals surface area contributed by atoms with E-state index in [4.69, 9.17) is 4.74 Å². The molecule has 0 radical (unpaired) electrons. The van der Waals surface area contributed by atoms with Crippen LogP contribution in [0.3, 0.4) is 0 Å². The van der Waals surface area contributed by atoms with Crippen LogP contribution in [0.2, 0.25) is 0 Å². The number of rotatable bonds is 3. The van der Waals surface area contributed by atoms with E-state index in [0.717, 1.165) is 56.8 Å². The first kappa shape index (κ1) is 13.0. The Morgan fingerprint density at radius 1 is 1.30 bits per heavy atom. The summed E-state index contributed by atoms with van der Waals surface area (Å²) in [5, 5.41) is 0. The number of hydrogen-bond donors (Lipinski definition) is 0. The van der Waals surface area contributed by atoms with Crippen molar-refractivity contribution < 1.29 is 9.53 Å². The first-order valence-corrected chi connectivity index (χ1v) is 8.34. The smallest absolute Gasteiger partial charge is 0.137 e. The van der Waals surface area contributed by atoms with Crippen LogP contribution >= 0.6 is 0 Å². The fraction of sp³-hybridized carbons (Fsp3) is 0.824. The molecule has 2 bridgehead atoms. The zero-order valence-corrected chi connectivity index (χ0v) is 12.2. The summed E-state index contributed by atoms with van der Waals surface area (Å²) in [6.07, 6.45) is 10.6. The Labute approximate surface area is 121 Å². The second-order valence-corrected chi connectivity index (χ2v) is 7.14. The number of hydrogen-bond acceptors (Lipinski definition) is 3. The van der Waals surface area contributed by atoms with Gasteiger partial charge in [-0.25, -0.2) is 0 Å². The highest BCUT2D eigenvalue weighted by Gasteiger charge is 2.41. The van der Waals surface area contributed by atoms with Crippen molar-refractivity contribution in [2.24, 2.45) is 23.7 Å². The molecule has 3 aliphatic carbocycles. The van der Waals surface area contributed by atoms with E-state index in [2.05, 4.69) is 17.1 Å². The van der Waals surface area contributed by atoms with E-state index in [-0.39, 0.29) is 5.92 Å². The summed E-state index contributed by atoms with van der Waals surface area (Å²) in [7, 11) is 0. The van der Waals surface area contributed by atoms with Crippen LogP contribution in [0.25, 0.3) is 0 Å². The van der Waals surface area contributed by atoms with E-state index < -0.39 is 0 Å². The van der Waals surface area contributed by atoms with Crippen LogP contribution < -0.4 is 0 Å². The second kappa shape index (κ2) is 5.27. The molecule has 4 aliphatic rings. The Bertz CT molecular complexity index is 419. The van der Waals surface area contributed by atoms with Crippen molar-refractivity contribution in [3.05, 3.63) is 12.2 Å². The summed E-state index contributed by atoms with van der Waals surface area (Å²) < 4.78 is 5.69. The van der Waals surface area contributed by atoms with E-state index in [1.54, 1.807) is 0 Å². The van der Waals surface area contributed by atoms with Gasteiger partial charge in [0.15, 0.2) is 0 Å². The fourth-order valence-electron chi connectivity index (χ4n) is 4.91. The number of Topliss-reactive ketones (excluding diaryl/α,β-unsaturated/α-hetero) is 1. The molecule has 3 heteroatoms. The maximum absolute atomic E-state index is 12.1. The molecule has 4 rings (SSSR count). The number of nitrogens with zero attached hydrogens (tertiary/aromatic N) is 1. The summed E-state index contributed by atoms with van der Waals surface area (Å²) >= 11 is 0. The van der Waals surface area contributed by atoms with Gasteiger partial charge in [-0.15, -0.1) is 0 Å². The number of ketones is 1. The minimum Gasteiger partial charge on any atom is -0.378 e. The minimum absolute atomic E-state index is 0.254. The molecule has 3 nitrogen and oxygen atoms in total. The Morgan fingerprint density at radius 3 is 2.95 bits per heavy atom. The van der Waals surface area contributed by atoms with Crippen LogP contribution in [0.1, 0.15) is 32.1 Å². The van der Waals surface area contributed by atoms with Crippen LogP contribution in [0.15, 0.2) is 12.2 Å². The average molecular weight is 275 g/mol. The number of allylic oxidation sites excluding steroid dienone is 2. The second-order valence-electron chi connectivity index (χ2n) is 7.14. The Morgan fingerprint density at radius 2 is 2.25 bits per heavy atom. The lowest BCUT2D eigenvalue weighted by Gasteiger charge is -2.40. The van der Waals surface area contributed by atoms with Crippen LogP contribution in [0, 0.1) is 23.7 Å². The third-order valence-electron chi connectivity index (χ3n) is 5.98. The summed E-state index contributed by atoms with van der Waals surface area (Å²) in [6.45, 7) is 3.82. The van der Waals surface area contributed by atoms with Gasteiger partial charge in [-0.1, -0.05) is 12.2 Å². The van der Waals surface area contributed by atoms with Gasteiger partial charge in [0.05, 0.1) is 13.2 Å². The zero-order chi connectivity index (χ0) is 13.5. The molecule has 1 aliphatic heterocycles. The molecule has 1 heterocycles. The van der Waals surface area contributed by atoms with Crippen LogP contribution in [0.5, 0.6) is 0 Å². The molecule has 0 amide bonds. The molecule has 2 saturated carbocycles. The Balaban J connectivity index is 1.44. The SMILES string of the molecule is O=C1CCC[C@@H]1[C@@H]1COCCN1C[C@H]1C[C@H]2C=C[C@H]1C2. The molecular weight excluding hydrogens is 250 g/mol. The van der Waals surface area contributed by atoms with Gasteiger partial charge in [0.1, 0.15) is 5.78 Å². The number of ether oxygens (including phenoxy) is 1. The van der Waals surface area contributed by atoms with Crippen molar-refractivity contribution in [3.63, 3.8) is 0 Å². The van der Waals surface area contributed by atoms with E-state index >= 15 is 0 Å². The zero-order valence-electron chi connectivity index (χ0n) is 12.2. The average Bonchev–Trinajstić information content (AvgIpc) is 3.16. The van der Waals surface area contributed by atoms with Crippen molar-refractivity contribution in [2.45, 2.75) is 38.1 Å². The van der Waals surface area contributed by atoms with Crippen molar-refractivity contribution >= 4 is 5.78 Å². The maximum atomic E-state index is 12.1. The molecule has 0 unspecified atom stereocenters. The van der Waals surface area contributed by atoms with E-state index in [0.29, 0.717) is 11.8 Å². The Hall–Kier alpha value is -0.670. The molecule has 0 aromatic rings. The van der Waals surface area contributed by atoms with Crippen LogP contribution in [0.4, 0.5) is 0 Å². The summed E-state index contributed by atoms with van der Waals surface area (Å²) in [4.78, 5) is 14.7. The van der Waals surface area contributed by atoms with E-state index in [1.165, 1.54) is 19.4 Å². The molecule has 110 valence electrons. The molecule has 0 N–H and O–H groups in total. The summed E-state index contributed by atoms with van der Waals surface area (Å²) in [6, 6.07) is 0.363. The monoisotopic (exact) mass is 275 g/mol. The summed E-state index contributed by atoms with van der Waals surface area (Å²) in [5.74, 6) is 3.21. The lowest BCUT2D eigenvalue weighted by molar-refractivity contribution is -0.125. The van der Waals surface area contributed by atoms with E-state index in [9.17, 15) is 4.79 Å². The standard InChI is InChI=1S/C17H25NO2/c19-17-3-1-2-15(17)16-11-20-7-6-18(16)10-14-9-12-4-5-13(14)8-12/h4-5,12-16H,1-3,6-11H2/t12-,13-,14+,15+,16-/m0/s1. The van der Waals surface area contributed by atoms with Crippen molar-refractivity contribution in [2.75, 3.05) is 26.3 Å². The Kier molecular flexibility index (Phi) is 3.43. The predicted octanol–water partition coefficient (Wildman–Crippen LogP) is 2.27. The number of fused-ring (bicyclic) bond motifs is 2. The molecule has 1 saturated heterocycles. The van der Waals surface area contributed by atoms with Crippen molar-refractivity contribution in [1.29, 1.82) is 0 Å². The number of carbonyl (C=O) groups is 1. The van der Waals surface area contributed by atoms with Crippen molar-refractivity contribution in [1.82, 2.24) is 4.90 Å². The molecule has 5 atom stereocenters. The number of morpholine rings is 1. The first-order valence-electron chi connectivity index (χ1n) is 8.34. The molecule has 0 aromatic heterocycles. The van der Waals surface area contributed by atoms with Gasteiger partial charge in [0, 0.05) is 31.5 Å². The van der Waals surface area contributed by atoms with Crippen molar-refractivity contribution in [3.8, 4) is 0 Å². The predicted molar refractivity (Wildman–Crippen MR) is 77.4 cm³/mol. The molecule has 20 heavy (non-hydrogen) atoms. The number of carbonyl (C=O) groups excluding carboxylic acids is 1. The molecule has 0 spiro atoms. The largest absolute Gasteiger partial charge is 0.378 e. The molecule has 3 fully saturated rings. The van der Waals surface area contributed by atoms with Gasteiger partial charge in [-0.2, -0.15) is 0 Å². The first-order chi connectivity index (χ1) is 9.81. The highest BCUT2D eigenvalue weighted by atomic mass is 16.5. The third-order valence-corrected chi connectivity index (χ3v) is 5.98. The normalized spacial score (nSPS) is 44.6.